The highest BCUT2D eigenvalue weighted by molar-refractivity contribution is 5.31. The topological polar surface area (TPSA) is 43.8 Å². The Hall–Kier alpha value is -0.990. The largest absolute Gasteiger partial charge is 0.384 e. The summed E-state index contributed by atoms with van der Waals surface area (Å²) in [7, 11) is 0. The number of aromatic nitrogens is 2. The van der Waals surface area contributed by atoms with Gasteiger partial charge in [0.25, 0.3) is 0 Å². The van der Waals surface area contributed by atoms with Gasteiger partial charge >= 0.3 is 0 Å². The summed E-state index contributed by atoms with van der Waals surface area (Å²) >= 11 is 0. The molecule has 0 spiro atoms. The van der Waals surface area contributed by atoms with Gasteiger partial charge in [-0.1, -0.05) is 27.7 Å². The van der Waals surface area contributed by atoms with Crippen LogP contribution in [0.15, 0.2) is 6.07 Å². The number of nitrogens with two attached hydrogens (primary N) is 1. The molecule has 0 saturated heterocycles. The van der Waals surface area contributed by atoms with Gasteiger partial charge in [-0.05, 0) is 25.2 Å². The van der Waals surface area contributed by atoms with Gasteiger partial charge < -0.3 is 5.73 Å². The quantitative estimate of drug-likeness (QED) is 0.831. The second-order valence-electron chi connectivity index (χ2n) is 5.50. The van der Waals surface area contributed by atoms with Crippen LogP contribution in [-0.4, -0.2) is 9.78 Å². The number of rotatable bonds is 3. The van der Waals surface area contributed by atoms with E-state index in [9.17, 15) is 0 Å². The molecule has 0 amide bonds. The molecule has 1 atom stereocenters. The molecule has 3 nitrogen and oxygen atoms in total. The van der Waals surface area contributed by atoms with Crippen LogP contribution < -0.4 is 5.73 Å². The predicted octanol–water partition coefficient (Wildman–Crippen LogP) is 3.02. The van der Waals surface area contributed by atoms with Gasteiger partial charge in [0.15, 0.2) is 0 Å². The lowest BCUT2D eigenvalue weighted by molar-refractivity contribution is 0.398. The molecule has 1 unspecified atom stereocenters. The van der Waals surface area contributed by atoms with E-state index >= 15 is 0 Å². The first-order valence-corrected chi connectivity index (χ1v) is 5.67. The molecule has 2 N–H and O–H groups in total. The predicted molar refractivity (Wildman–Crippen MR) is 64.8 cm³/mol. The van der Waals surface area contributed by atoms with Gasteiger partial charge in [0, 0.05) is 6.07 Å². The monoisotopic (exact) mass is 209 g/mol. The maximum Gasteiger partial charge on any atom is 0.122 e. The Kier molecular flexibility index (Phi) is 3.42. The molecule has 0 bridgehead atoms. The van der Waals surface area contributed by atoms with Crippen molar-refractivity contribution in [3.8, 4) is 0 Å². The second-order valence-corrected chi connectivity index (χ2v) is 5.50. The number of hydrogen-bond donors (Lipinski definition) is 1. The molecule has 3 heteroatoms. The number of hydrogen-bond acceptors (Lipinski definition) is 2. The Labute approximate surface area is 92.7 Å². The lowest BCUT2D eigenvalue weighted by atomic mass is 9.91. The van der Waals surface area contributed by atoms with Crippen LogP contribution in [0.3, 0.4) is 0 Å². The lowest BCUT2D eigenvalue weighted by Crippen LogP contribution is -2.12. The van der Waals surface area contributed by atoms with Crippen LogP contribution in [0, 0.1) is 5.41 Å². The van der Waals surface area contributed by atoms with Crippen LogP contribution in [0.4, 0.5) is 5.82 Å². The first-order valence-electron chi connectivity index (χ1n) is 5.67. The third-order valence-electron chi connectivity index (χ3n) is 2.53. The fourth-order valence-corrected chi connectivity index (χ4v) is 1.62. The van der Waals surface area contributed by atoms with Crippen molar-refractivity contribution in [3.63, 3.8) is 0 Å². The van der Waals surface area contributed by atoms with Crippen molar-refractivity contribution in [2.45, 2.75) is 53.5 Å². The lowest BCUT2D eigenvalue weighted by Gasteiger charge is -2.16. The van der Waals surface area contributed by atoms with E-state index in [2.05, 4.69) is 39.7 Å². The molecular formula is C12H23N3. The molecular weight excluding hydrogens is 186 g/mol. The SMILES string of the molecule is CCC(C)n1nc(CC(C)(C)C)cc1N. The van der Waals surface area contributed by atoms with Crippen molar-refractivity contribution in [3.05, 3.63) is 11.8 Å². The van der Waals surface area contributed by atoms with Crippen LogP contribution in [0.1, 0.15) is 52.8 Å². The molecule has 0 aliphatic heterocycles. The summed E-state index contributed by atoms with van der Waals surface area (Å²) in [6, 6.07) is 2.39. The van der Waals surface area contributed by atoms with Gasteiger partial charge in [0.1, 0.15) is 5.82 Å². The van der Waals surface area contributed by atoms with Crippen molar-refractivity contribution in [2.24, 2.45) is 5.41 Å². The number of nitrogen functional groups attached to an aromatic ring is 1. The highest BCUT2D eigenvalue weighted by atomic mass is 15.3. The van der Waals surface area contributed by atoms with Crippen LogP contribution in [0.25, 0.3) is 0 Å². The second kappa shape index (κ2) is 4.25. The van der Waals surface area contributed by atoms with Crippen molar-refractivity contribution < 1.29 is 0 Å². The average molecular weight is 209 g/mol. The third-order valence-corrected chi connectivity index (χ3v) is 2.53. The van der Waals surface area contributed by atoms with Crippen LogP contribution >= 0.6 is 0 Å². The van der Waals surface area contributed by atoms with Gasteiger partial charge in [0.2, 0.25) is 0 Å². The third kappa shape index (κ3) is 3.26. The number of nitrogens with zero attached hydrogens (tertiary/aromatic N) is 2. The summed E-state index contributed by atoms with van der Waals surface area (Å²) in [4.78, 5) is 0. The minimum atomic E-state index is 0.265. The fourth-order valence-electron chi connectivity index (χ4n) is 1.62. The van der Waals surface area contributed by atoms with Gasteiger partial charge in [-0.3, -0.25) is 0 Å². The standard InChI is InChI=1S/C12H23N3/c1-6-9(2)15-11(13)7-10(14-15)8-12(3,4)5/h7,9H,6,8,13H2,1-5H3. The molecule has 1 heterocycles. The molecule has 1 aromatic rings. The molecule has 1 aromatic heterocycles. The molecule has 0 aliphatic carbocycles. The van der Waals surface area contributed by atoms with Crippen LogP contribution in [-0.2, 0) is 6.42 Å². The van der Waals surface area contributed by atoms with E-state index in [4.69, 9.17) is 5.73 Å². The Balaban J connectivity index is 2.86. The van der Waals surface area contributed by atoms with E-state index in [1.807, 2.05) is 10.7 Å². The summed E-state index contributed by atoms with van der Waals surface area (Å²) < 4.78 is 1.93. The molecule has 86 valence electrons. The smallest absolute Gasteiger partial charge is 0.122 e. The molecule has 0 saturated carbocycles. The normalized spacial score (nSPS) is 14.2. The van der Waals surface area contributed by atoms with Crippen molar-refractivity contribution >= 4 is 5.82 Å². The highest BCUT2D eigenvalue weighted by Crippen LogP contribution is 2.23. The Morgan fingerprint density at radius 2 is 2.07 bits per heavy atom. The molecule has 0 aliphatic rings. The maximum absolute atomic E-state index is 5.94. The van der Waals surface area contributed by atoms with Gasteiger partial charge in [-0.25, -0.2) is 4.68 Å². The Bertz CT molecular complexity index is 320. The zero-order valence-corrected chi connectivity index (χ0v) is 10.5. The van der Waals surface area contributed by atoms with E-state index in [-0.39, 0.29) is 5.41 Å². The summed E-state index contributed by atoms with van der Waals surface area (Å²) in [5, 5.41) is 4.56. The van der Waals surface area contributed by atoms with E-state index < -0.39 is 0 Å². The van der Waals surface area contributed by atoms with Gasteiger partial charge in [0.05, 0.1) is 11.7 Å². The number of anilines is 1. The van der Waals surface area contributed by atoms with E-state index in [0.717, 1.165) is 24.4 Å². The first kappa shape index (κ1) is 12.1. The molecule has 0 aromatic carbocycles. The minimum Gasteiger partial charge on any atom is -0.384 e. The van der Waals surface area contributed by atoms with Crippen molar-refractivity contribution in [1.29, 1.82) is 0 Å². The Morgan fingerprint density at radius 1 is 1.47 bits per heavy atom. The Morgan fingerprint density at radius 3 is 2.53 bits per heavy atom. The summed E-state index contributed by atoms with van der Waals surface area (Å²) in [5.74, 6) is 0.781. The average Bonchev–Trinajstić information content (AvgIpc) is 2.42. The zero-order chi connectivity index (χ0) is 11.6. The first-order chi connectivity index (χ1) is 6.83. The van der Waals surface area contributed by atoms with E-state index in [1.54, 1.807) is 0 Å². The maximum atomic E-state index is 5.94. The zero-order valence-electron chi connectivity index (χ0n) is 10.5. The van der Waals surface area contributed by atoms with Crippen molar-refractivity contribution in [1.82, 2.24) is 9.78 Å². The molecule has 15 heavy (non-hydrogen) atoms. The van der Waals surface area contributed by atoms with Crippen molar-refractivity contribution in [2.75, 3.05) is 5.73 Å². The van der Waals surface area contributed by atoms with E-state index in [0.29, 0.717) is 6.04 Å². The minimum absolute atomic E-state index is 0.265. The summed E-state index contributed by atoms with van der Waals surface area (Å²) in [5.41, 5.74) is 7.30. The summed E-state index contributed by atoms with van der Waals surface area (Å²) in [6.45, 7) is 10.9. The fraction of sp³-hybridized carbons (Fsp3) is 0.750. The summed E-state index contributed by atoms with van der Waals surface area (Å²) in [6.07, 6.45) is 2.03. The highest BCUT2D eigenvalue weighted by Gasteiger charge is 2.16. The van der Waals surface area contributed by atoms with Crippen LogP contribution in [0.2, 0.25) is 0 Å². The van der Waals surface area contributed by atoms with Crippen LogP contribution in [0.5, 0.6) is 0 Å². The molecule has 0 radical (unpaired) electrons. The molecule has 0 fully saturated rings. The van der Waals surface area contributed by atoms with E-state index in [1.165, 1.54) is 0 Å². The van der Waals surface area contributed by atoms with Gasteiger partial charge in [-0.2, -0.15) is 5.10 Å². The van der Waals surface area contributed by atoms with Gasteiger partial charge in [-0.15, -0.1) is 0 Å². The molecule has 1 rings (SSSR count).